The third-order valence-electron chi connectivity index (χ3n) is 1.90. The monoisotopic (exact) mass is 213 g/mol. The molecule has 0 unspecified atom stereocenters. The first-order valence-electron chi connectivity index (χ1n) is 4.90. The zero-order chi connectivity index (χ0) is 10.4. The number of nitrogens with zero attached hydrogens (tertiary/aromatic N) is 2. The van der Waals surface area contributed by atoms with Crippen LogP contribution in [0.15, 0.2) is 12.4 Å². The standard InChI is InChI=1S/C10H16ClN3/c1-8(2)4-3-5-12-10-6-9(11)13-7-14-10/h6-8H,3-5H2,1-2H3,(H,12,13,14). The molecule has 0 atom stereocenters. The predicted molar refractivity (Wildman–Crippen MR) is 59.6 cm³/mol. The van der Waals surface area contributed by atoms with Crippen molar-refractivity contribution in [3.8, 4) is 0 Å². The van der Waals surface area contributed by atoms with Crippen molar-refractivity contribution in [2.75, 3.05) is 11.9 Å². The zero-order valence-corrected chi connectivity index (χ0v) is 9.38. The molecule has 78 valence electrons. The van der Waals surface area contributed by atoms with Crippen molar-refractivity contribution in [1.82, 2.24) is 9.97 Å². The number of hydrogen-bond donors (Lipinski definition) is 1. The van der Waals surface area contributed by atoms with E-state index in [4.69, 9.17) is 11.6 Å². The van der Waals surface area contributed by atoms with E-state index in [1.807, 2.05) is 0 Å². The van der Waals surface area contributed by atoms with Gasteiger partial charge in [0.15, 0.2) is 0 Å². The molecule has 0 saturated carbocycles. The van der Waals surface area contributed by atoms with E-state index in [0.29, 0.717) is 5.15 Å². The van der Waals surface area contributed by atoms with E-state index < -0.39 is 0 Å². The van der Waals surface area contributed by atoms with Crippen molar-refractivity contribution in [2.24, 2.45) is 5.92 Å². The number of halogens is 1. The van der Waals surface area contributed by atoms with Crippen molar-refractivity contribution < 1.29 is 0 Å². The van der Waals surface area contributed by atoms with Gasteiger partial charge >= 0.3 is 0 Å². The molecule has 0 spiro atoms. The number of anilines is 1. The van der Waals surface area contributed by atoms with E-state index in [2.05, 4.69) is 29.1 Å². The highest BCUT2D eigenvalue weighted by Gasteiger charge is 1.96. The maximum atomic E-state index is 5.72. The van der Waals surface area contributed by atoms with Crippen LogP contribution >= 0.6 is 11.6 Å². The van der Waals surface area contributed by atoms with Gasteiger partial charge in [-0.25, -0.2) is 9.97 Å². The molecule has 1 aromatic heterocycles. The summed E-state index contributed by atoms with van der Waals surface area (Å²) in [6.45, 7) is 5.38. The third kappa shape index (κ3) is 4.42. The van der Waals surface area contributed by atoms with E-state index in [0.717, 1.165) is 24.7 Å². The Bertz CT molecular complexity index is 276. The van der Waals surface area contributed by atoms with Crippen LogP contribution in [0.3, 0.4) is 0 Å². The molecule has 1 heterocycles. The van der Waals surface area contributed by atoms with Crippen molar-refractivity contribution in [1.29, 1.82) is 0 Å². The number of rotatable bonds is 5. The maximum Gasteiger partial charge on any atom is 0.134 e. The summed E-state index contributed by atoms with van der Waals surface area (Å²) in [6, 6.07) is 1.73. The highest BCUT2D eigenvalue weighted by molar-refractivity contribution is 6.29. The van der Waals surface area contributed by atoms with Crippen LogP contribution in [0.1, 0.15) is 26.7 Å². The smallest absolute Gasteiger partial charge is 0.134 e. The average molecular weight is 214 g/mol. The van der Waals surface area contributed by atoms with Crippen molar-refractivity contribution >= 4 is 17.4 Å². The van der Waals surface area contributed by atoms with Gasteiger partial charge in [-0.2, -0.15) is 0 Å². The molecule has 3 nitrogen and oxygen atoms in total. The Morgan fingerprint density at radius 2 is 2.21 bits per heavy atom. The van der Waals surface area contributed by atoms with Crippen molar-refractivity contribution in [3.05, 3.63) is 17.5 Å². The lowest BCUT2D eigenvalue weighted by molar-refractivity contribution is 0.566. The highest BCUT2D eigenvalue weighted by atomic mass is 35.5. The van der Waals surface area contributed by atoms with Gasteiger partial charge in [0.1, 0.15) is 17.3 Å². The van der Waals surface area contributed by atoms with Gasteiger partial charge in [-0.05, 0) is 18.8 Å². The molecule has 1 rings (SSSR count). The Morgan fingerprint density at radius 1 is 1.43 bits per heavy atom. The van der Waals surface area contributed by atoms with Gasteiger partial charge in [0, 0.05) is 12.6 Å². The van der Waals surface area contributed by atoms with E-state index in [1.54, 1.807) is 6.07 Å². The molecular formula is C10H16ClN3. The van der Waals surface area contributed by atoms with Gasteiger partial charge in [0.2, 0.25) is 0 Å². The van der Waals surface area contributed by atoms with Gasteiger partial charge in [-0.3, -0.25) is 0 Å². The van der Waals surface area contributed by atoms with Gasteiger partial charge < -0.3 is 5.32 Å². The normalized spacial score (nSPS) is 10.6. The van der Waals surface area contributed by atoms with Crippen LogP contribution in [-0.4, -0.2) is 16.5 Å². The summed E-state index contributed by atoms with van der Waals surface area (Å²) in [5, 5.41) is 3.68. The largest absolute Gasteiger partial charge is 0.370 e. The molecular weight excluding hydrogens is 198 g/mol. The number of aromatic nitrogens is 2. The second kappa shape index (κ2) is 5.81. The van der Waals surface area contributed by atoms with Gasteiger partial charge in [-0.15, -0.1) is 0 Å². The fraction of sp³-hybridized carbons (Fsp3) is 0.600. The van der Waals surface area contributed by atoms with Crippen LogP contribution in [-0.2, 0) is 0 Å². The summed E-state index contributed by atoms with van der Waals surface area (Å²) in [5.41, 5.74) is 0. The molecule has 0 bridgehead atoms. The summed E-state index contributed by atoms with van der Waals surface area (Å²) in [5.74, 6) is 1.56. The molecule has 4 heteroatoms. The fourth-order valence-corrected chi connectivity index (χ4v) is 1.30. The van der Waals surface area contributed by atoms with E-state index >= 15 is 0 Å². The second-order valence-electron chi connectivity index (χ2n) is 3.69. The Labute approximate surface area is 89.9 Å². The topological polar surface area (TPSA) is 37.8 Å². The first-order chi connectivity index (χ1) is 6.68. The number of nitrogens with one attached hydrogen (secondary N) is 1. The lowest BCUT2D eigenvalue weighted by atomic mass is 10.1. The molecule has 14 heavy (non-hydrogen) atoms. The molecule has 0 amide bonds. The second-order valence-corrected chi connectivity index (χ2v) is 4.08. The van der Waals surface area contributed by atoms with Crippen LogP contribution in [0.25, 0.3) is 0 Å². The summed E-state index contributed by atoms with van der Waals surface area (Å²) in [7, 11) is 0. The van der Waals surface area contributed by atoms with E-state index in [-0.39, 0.29) is 0 Å². The third-order valence-corrected chi connectivity index (χ3v) is 2.10. The summed E-state index contributed by atoms with van der Waals surface area (Å²) >= 11 is 5.72. The van der Waals surface area contributed by atoms with Gasteiger partial charge in [0.25, 0.3) is 0 Å². The lowest BCUT2D eigenvalue weighted by Crippen LogP contribution is -2.04. The SMILES string of the molecule is CC(C)CCCNc1cc(Cl)ncn1. The minimum atomic E-state index is 0.478. The van der Waals surface area contributed by atoms with Crippen molar-refractivity contribution in [3.63, 3.8) is 0 Å². The maximum absolute atomic E-state index is 5.72. The first kappa shape index (κ1) is 11.2. The zero-order valence-electron chi connectivity index (χ0n) is 8.63. The van der Waals surface area contributed by atoms with E-state index in [1.165, 1.54) is 12.7 Å². The Balaban J connectivity index is 2.25. The van der Waals surface area contributed by atoms with Crippen LogP contribution in [0.2, 0.25) is 5.15 Å². The molecule has 0 aliphatic rings. The van der Waals surface area contributed by atoms with Crippen LogP contribution in [0.4, 0.5) is 5.82 Å². The highest BCUT2D eigenvalue weighted by Crippen LogP contribution is 2.09. The summed E-state index contributed by atoms with van der Waals surface area (Å²) in [6.07, 6.45) is 3.85. The van der Waals surface area contributed by atoms with Gasteiger partial charge in [-0.1, -0.05) is 25.4 Å². The molecule has 0 aliphatic heterocycles. The summed E-state index contributed by atoms with van der Waals surface area (Å²) in [4.78, 5) is 7.86. The Morgan fingerprint density at radius 3 is 2.86 bits per heavy atom. The molecule has 0 aromatic carbocycles. The minimum Gasteiger partial charge on any atom is -0.370 e. The Kier molecular flexibility index (Phi) is 4.66. The lowest BCUT2D eigenvalue weighted by Gasteiger charge is -2.06. The average Bonchev–Trinajstić information content (AvgIpc) is 2.12. The van der Waals surface area contributed by atoms with Crippen LogP contribution in [0.5, 0.6) is 0 Å². The molecule has 1 N–H and O–H groups in total. The molecule has 1 aromatic rings. The van der Waals surface area contributed by atoms with Crippen LogP contribution in [0, 0.1) is 5.92 Å². The molecule has 0 fully saturated rings. The Hall–Kier alpha value is -0.830. The molecule has 0 saturated heterocycles. The minimum absolute atomic E-state index is 0.478. The number of hydrogen-bond acceptors (Lipinski definition) is 3. The van der Waals surface area contributed by atoms with Crippen LogP contribution < -0.4 is 5.32 Å². The van der Waals surface area contributed by atoms with Crippen molar-refractivity contribution in [2.45, 2.75) is 26.7 Å². The fourth-order valence-electron chi connectivity index (χ4n) is 1.16. The summed E-state index contributed by atoms with van der Waals surface area (Å²) < 4.78 is 0. The molecule has 0 aliphatic carbocycles. The van der Waals surface area contributed by atoms with E-state index in [9.17, 15) is 0 Å². The van der Waals surface area contributed by atoms with Gasteiger partial charge in [0.05, 0.1) is 0 Å². The quantitative estimate of drug-likeness (QED) is 0.604. The predicted octanol–water partition coefficient (Wildman–Crippen LogP) is 2.98. The molecule has 0 radical (unpaired) electrons. The first-order valence-corrected chi connectivity index (χ1v) is 5.27.